The molecule has 1 aromatic carbocycles. The molecule has 0 bridgehead atoms. The third-order valence-electron chi connectivity index (χ3n) is 4.07. The molecule has 1 aliphatic rings. The van der Waals surface area contributed by atoms with Crippen LogP contribution in [0.4, 0.5) is 5.88 Å². The van der Waals surface area contributed by atoms with E-state index < -0.39 is 0 Å². The zero-order chi connectivity index (χ0) is 16.8. The summed E-state index contributed by atoms with van der Waals surface area (Å²) in [4.78, 5) is 6.38. The lowest BCUT2D eigenvalue weighted by atomic mass is 10.2. The van der Waals surface area contributed by atoms with Crippen molar-refractivity contribution >= 4 is 5.88 Å². The van der Waals surface area contributed by atoms with E-state index in [1.807, 2.05) is 24.3 Å². The van der Waals surface area contributed by atoms with E-state index >= 15 is 0 Å². The third kappa shape index (κ3) is 3.80. The number of aromatic nitrogens is 1. The molecule has 0 spiro atoms. The molecule has 0 N–H and O–H groups in total. The van der Waals surface area contributed by atoms with E-state index in [0.717, 1.165) is 31.7 Å². The molecule has 0 saturated carbocycles. The number of ether oxygens (including phenoxy) is 2. The van der Waals surface area contributed by atoms with Gasteiger partial charge in [0.25, 0.3) is 0 Å². The van der Waals surface area contributed by atoms with Crippen molar-refractivity contribution in [1.82, 2.24) is 4.98 Å². The van der Waals surface area contributed by atoms with Crippen LogP contribution in [0.3, 0.4) is 0 Å². The molecule has 1 aliphatic heterocycles. The smallest absolute Gasteiger partial charge is 0.236 e. The predicted octanol–water partition coefficient (Wildman–Crippen LogP) is 3.51. The Hall–Kier alpha value is -2.68. The van der Waals surface area contributed by atoms with Gasteiger partial charge in [-0.25, -0.2) is 0 Å². The second kappa shape index (κ2) is 7.73. The summed E-state index contributed by atoms with van der Waals surface area (Å²) in [6, 6.07) is 9.43. The summed E-state index contributed by atoms with van der Waals surface area (Å²) in [5.41, 5.74) is 0.338. The molecule has 2 aromatic rings. The van der Waals surface area contributed by atoms with Crippen LogP contribution in [0.1, 0.15) is 37.3 Å². The van der Waals surface area contributed by atoms with Crippen LogP contribution in [-0.4, -0.2) is 25.2 Å². The van der Waals surface area contributed by atoms with Crippen molar-refractivity contribution < 1.29 is 13.9 Å². The number of methoxy groups -OCH3 is 1. The zero-order valence-electron chi connectivity index (χ0n) is 13.8. The molecular weight excluding hydrogens is 306 g/mol. The van der Waals surface area contributed by atoms with Gasteiger partial charge < -0.3 is 18.8 Å². The quantitative estimate of drug-likeness (QED) is 0.837. The SMILES string of the molecule is COc1ccc(OCc2nc(C#N)c(N3CCCCCC3)o2)cc1. The van der Waals surface area contributed by atoms with Crippen LogP contribution >= 0.6 is 0 Å². The minimum atomic E-state index is 0.189. The molecule has 24 heavy (non-hydrogen) atoms. The van der Waals surface area contributed by atoms with Crippen molar-refractivity contribution in [3.63, 3.8) is 0 Å². The van der Waals surface area contributed by atoms with Crippen LogP contribution in [0.15, 0.2) is 28.7 Å². The van der Waals surface area contributed by atoms with Gasteiger partial charge in [0.2, 0.25) is 17.5 Å². The van der Waals surface area contributed by atoms with Gasteiger partial charge in [-0.1, -0.05) is 12.8 Å². The molecule has 6 nitrogen and oxygen atoms in total. The van der Waals surface area contributed by atoms with Crippen molar-refractivity contribution in [3.8, 4) is 17.6 Å². The second-order valence-electron chi connectivity index (χ2n) is 5.74. The monoisotopic (exact) mass is 327 g/mol. The largest absolute Gasteiger partial charge is 0.497 e. The molecule has 1 fully saturated rings. The fraction of sp³-hybridized carbons (Fsp3) is 0.444. The number of hydrogen-bond acceptors (Lipinski definition) is 6. The number of anilines is 1. The molecule has 6 heteroatoms. The topological polar surface area (TPSA) is 71.5 Å². The first-order valence-corrected chi connectivity index (χ1v) is 8.22. The molecule has 1 saturated heterocycles. The maximum atomic E-state index is 9.32. The number of rotatable bonds is 5. The van der Waals surface area contributed by atoms with E-state index in [2.05, 4.69) is 16.0 Å². The third-order valence-corrected chi connectivity index (χ3v) is 4.07. The molecule has 1 aromatic heterocycles. The molecule has 0 amide bonds. The average molecular weight is 327 g/mol. The maximum absolute atomic E-state index is 9.32. The Balaban J connectivity index is 1.68. The van der Waals surface area contributed by atoms with Crippen LogP contribution in [0.25, 0.3) is 0 Å². The van der Waals surface area contributed by atoms with Crippen LogP contribution in [0.5, 0.6) is 11.5 Å². The summed E-state index contributed by atoms with van der Waals surface area (Å²) in [7, 11) is 1.62. The van der Waals surface area contributed by atoms with Gasteiger partial charge in [-0.2, -0.15) is 10.2 Å². The van der Waals surface area contributed by atoms with Crippen molar-refractivity contribution in [1.29, 1.82) is 5.26 Å². The van der Waals surface area contributed by atoms with Crippen LogP contribution in [-0.2, 0) is 6.61 Å². The van der Waals surface area contributed by atoms with Crippen molar-refractivity contribution in [2.24, 2.45) is 0 Å². The molecule has 2 heterocycles. The summed E-state index contributed by atoms with van der Waals surface area (Å²) in [5.74, 6) is 2.46. The number of nitrogens with zero attached hydrogens (tertiary/aromatic N) is 3. The summed E-state index contributed by atoms with van der Waals surface area (Å²) < 4.78 is 16.6. The van der Waals surface area contributed by atoms with Gasteiger partial charge in [-0.15, -0.1) is 0 Å². The molecule has 0 atom stereocenters. The Morgan fingerprint density at radius 3 is 2.42 bits per heavy atom. The Morgan fingerprint density at radius 2 is 1.79 bits per heavy atom. The molecule has 0 unspecified atom stereocenters. The molecule has 3 rings (SSSR count). The van der Waals surface area contributed by atoms with Gasteiger partial charge in [0.15, 0.2) is 6.61 Å². The Labute approximate surface area is 141 Å². The van der Waals surface area contributed by atoms with Gasteiger partial charge in [-0.3, -0.25) is 0 Å². The summed E-state index contributed by atoms with van der Waals surface area (Å²) in [6.07, 6.45) is 4.67. The van der Waals surface area contributed by atoms with E-state index in [4.69, 9.17) is 13.9 Å². The fourth-order valence-corrected chi connectivity index (χ4v) is 2.79. The van der Waals surface area contributed by atoms with Crippen LogP contribution in [0.2, 0.25) is 0 Å². The van der Waals surface area contributed by atoms with Gasteiger partial charge in [0.05, 0.1) is 7.11 Å². The van der Waals surface area contributed by atoms with Gasteiger partial charge >= 0.3 is 0 Å². The fourth-order valence-electron chi connectivity index (χ4n) is 2.79. The first-order chi connectivity index (χ1) is 11.8. The number of benzene rings is 1. The minimum Gasteiger partial charge on any atom is -0.497 e. The normalized spacial score (nSPS) is 14.8. The van der Waals surface area contributed by atoms with Crippen LogP contribution < -0.4 is 14.4 Å². The molecular formula is C18H21N3O3. The van der Waals surface area contributed by atoms with Gasteiger partial charge in [-0.05, 0) is 37.1 Å². The molecule has 126 valence electrons. The van der Waals surface area contributed by atoms with Gasteiger partial charge in [0.1, 0.15) is 17.6 Å². The highest BCUT2D eigenvalue weighted by Gasteiger charge is 2.20. The first kappa shape index (κ1) is 16.2. The standard InChI is InChI=1S/C18H21N3O3/c1-22-14-6-8-15(9-7-14)23-13-17-20-16(12-19)18(24-17)21-10-4-2-3-5-11-21/h6-9H,2-5,10-11,13H2,1H3. The summed E-state index contributed by atoms with van der Waals surface area (Å²) >= 11 is 0. The number of hydrogen-bond donors (Lipinski definition) is 0. The highest BCUT2D eigenvalue weighted by atomic mass is 16.5. The van der Waals surface area contributed by atoms with Crippen LogP contribution in [0, 0.1) is 11.3 Å². The zero-order valence-corrected chi connectivity index (χ0v) is 13.8. The van der Waals surface area contributed by atoms with Gasteiger partial charge in [0, 0.05) is 13.1 Å². The van der Waals surface area contributed by atoms with E-state index in [1.165, 1.54) is 12.8 Å². The highest BCUT2D eigenvalue weighted by molar-refractivity contribution is 5.48. The highest BCUT2D eigenvalue weighted by Crippen LogP contribution is 2.25. The summed E-state index contributed by atoms with van der Waals surface area (Å²) in [5, 5.41) is 9.32. The van der Waals surface area contributed by atoms with Crippen molar-refractivity contribution in [2.45, 2.75) is 32.3 Å². The van der Waals surface area contributed by atoms with Crippen molar-refractivity contribution in [3.05, 3.63) is 35.9 Å². The predicted molar refractivity (Wildman–Crippen MR) is 89.2 cm³/mol. The molecule has 0 radical (unpaired) electrons. The lowest BCUT2D eigenvalue weighted by Crippen LogP contribution is -2.24. The minimum absolute atomic E-state index is 0.189. The summed E-state index contributed by atoms with van der Waals surface area (Å²) in [6.45, 7) is 2.00. The van der Waals surface area contributed by atoms with E-state index in [-0.39, 0.29) is 6.61 Å². The second-order valence-corrected chi connectivity index (χ2v) is 5.74. The number of oxazole rings is 1. The average Bonchev–Trinajstić information content (AvgIpc) is 2.85. The van der Waals surface area contributed by atoms with Crippen molar-refractivity contribution in [2.75, 3.05) is 25.1 Å². The molecule has 0 aliphatic carbocycles. The van der Waals surface area contributed by atoms with E-state index in [9.17, 15) is 5.26 Å². The Morgan fingerprint density at radius 1 is 1.12 bits per heavy atom. The number of nitriles is 1. The Bertz CT molecular complexity index is 695. The Kier molecular flexibility index (Phi) is 5.22. The lowest BCUT2D eigenvalue weighted by Gasteiger charge is -2.18. The first-order valence-electron chi connectivity index (χ1n) is 8.22. The maximum Gasteiger partial charge on any atom is 0.236 e. The van der Waals surface area contributed by atoms with E-state index in [0.29, 0.717) is 23.2 Å². The lowest BCUT2D eigenvalue weighted by molar-refractivity contribution is 0.263. The van der Waals surface area contributed by atoms with E-state index in [1.54, 1.807) is 7.11 Å².